The Bertz CT molecular complexity index is 554. The van der Waals surface area contributed by atoms with Crippen LogP contribution in [-0.2, 0) is 26.3 Å². The standard InChI is InChI=1S/C15H23N3S/c1-5-13-6-7-14(19-13)8-12(16)9-15-10(2)17-18(4)11(15)3/h6-7,12H,5,8-9,16H2,1-4H3. The van der Waals surface area contributed by atoms with Crippen molar-refractivity contribution < 1.29 is 0 Å². The van der Waals surface area contributed by atoms with Crippen LogP contribution < -0.4 is 5.73 Å². The van der Waals surface area contributed by atoms with E-state index in [4.69, 9.17) is 5.73 Å². The van der Waals surface area contributed by atoms with Gasteiger partial charge in [-0.15, -0.1) is 11.3 Å². The molecular weight excluding hydrogens is 254 g/mol. The van der Waals surface area contributed by atoms with Crippen molar-refractivity contribution in [2.24, 2.45) is 12.8 Å². The second kappa shape index (κ2) is 5.88. The first-order chi connectivity index (χ1) is 9.01. The fourth-order valence-electron chi connectivity index (χ4n) is 2.43. The third-order valence-electron chi connectivity index (χ3n) is 3.65. The molecule has 3 nitrogen and oxygen atoms in total. The molecule has 4 heteroatoms. The molecule has 0 amide bonds. The van der Waals surface area contributed by atoms with Crippen LogP contribution in [0.2, 0.25) is 0 Å². The monoisotopic (exact) mass is 277 g/mol. The summed E-state index contributed by atoms with van der Waals surface area (Å²) in [5.41, 5.74) is 9.95. The van der Waals surface area contributed by atoms with Gasteiger partial charge in [0, 0.05) is 28.5 Å². The molecule has 0 aromatic carbocycles. The maximum absolute atomic E-state index is 6.31. The van der Waals surface area contributed by atoms with Gasteiger partial charge in [-0.2, -0.15) is 5.10 Å². The van der Waals surface area contributed by atoms with Gasteiger partial charge in [0.25, 0.3) is 0 Å². The van der Waals surface area contributed by atoms with Gasteiger partial charge in [-0.25, -0.2) is 0 Å². The summed E-state index contributed by atoms with van der Waals surface area (Å²) >= 11 is 1.88. The highest BCUT2D eigenvalue weighted by Gasteiger charge is 2.14. The molecule has 0 spiro atoms. The SMILES string of the molecule is CCc1ccc(CC(N)Cc2c(C)nn(C)c2C)s1. The Kier molecular flexibility index (Phi) is 4.42. The summed E-state index contributed by atoms with van der Waals surface area (Å²) in [5, 5.41) is 4.45. The van der Waals surface area contributed by atoms with Crippen molar-refractivity contribution in [3.8, 4) is 0 Å². The van der Waals surface area contributed by atoms with Gasteiger partial charge in [0.15, 0.2) is 0 Å². The molecule has 2 aromatic heterocycles. The Morgan fingerprint density at radius 1 is 1.26 bits per heavy atom. The fourth-order valence-corrected chi connectivity index (χ4v) is 3.48. The molecule has 0 aliphatic carbocycles. The summed E-state index contributed by atoms with van der Waals surface area (Å²) in [7, 11) is 1.99. The zero-order valence-electron chi connectivity index (χ0n) is 12.2. The van der Waals surface area contributed by atoms with Gasteiger partial charge in [0.1, 0.15) is 0 Å². The molecule has 0 saturated carbocycles. The second-order valence-electron chi connectivity index (χ2n) is 5.16. The topological polar surface area (TPSA) is 43.8 Å². The number of aromatic nitrogens is 2. The number of aryl methyl sites for hydroxylation is 3. The van der Waals surface area contributed by atoms with Crippen molar-refractivity contribution in [1.82, 2.24) is 9.78 Å². The number of nitrogens with zero attached hydrogens (tertiary/aromatic N) is 2. The van der Waals surface area contributed by atoms with Crippen molar-refractivity contribution in [2.45, 2.75) is 46.1 Å². The Hall–Kier alpha value is -1.13. The van der Waals surface area contributed by atoms with Crippen molar-refractivity contribution >= 4 is 11.3 Å². The maximum Gasteiger partial charge on any atom is 0.0628 e. The predicted octanol–water partition coefficient (Wildman–Crippen LogP) is 2.77. The minimum Gasteiger partial charge on any atom is -0.327 e. The van der Waals surface area contributed by atoms with Crippen molar-refractivity contribution in [1.29, 1.82) is 0 Å². The smallest absolute Gasteiger partial charge is 0.0628 e. The van der Waals surface area contributed by atoms with Gasteiger partial charge in [0.2, 0.25) is 0 Å². The molecule has 1 unspecified atom stereocenters. The normalized spacial score (nSPS) is 12.9. The molecule has 0 saturated heterocycles. The molecule has 0 fully saturated rings. The van der Waals surface area contributed by atoms with E-state index in [9.17, 15) is 0 Å². The van der Waals surface area contributed by atoms with E-state index >= 15 is 0 Å². The highest BCUT2D eigenvalue weighted by Crippen LogP contribution is 2.20. The second-order valence-corrected chi connectivity index (χ2v) is 6.42. The molecule has 2 N–H and O–H groups in total. The quantitative estimate of drug-likeness (QED) is 0.913. The number of hydrogen-bond donors (Lipinski definition) is 1. The van der Waals surface area contributed by atoms with Gasteiger partial charge in [-0.3, -0.25) is 4.68 Å². The predicted molar refractivity (Wildman–Crippen MR) is 81.8 cm³/mol. The van der Waals surface area contributed by atoms with E-state index in [-0.39, 0.29) is 6.04 Å². The molecular formula is C15H23N3S. The summed E-state index contributed by atoms with van der Waals surface area (Å²) in [6.45, 7) is 6.37. The van der Waals surface area contributed by atoms with E-state index in [1.165, 1.54) is 21.0 Å². The molecule has 0 radical (unpaired) electrons. The average Bonchev–Trinajstić information content (AvgIpc) is 2.90. The molecule has 0 bridgehead atoms. The third kappa shape index (κ3) is 3.25. The van der Waals surface area contributed by atoms with Gasteiger partial charge >= 0.3 is 0 Å². The van der Waals surface area contributed by atoms with Gasteiger partial charge < -0.3 is 5.73 Å². The molecule has 0 aliphatic heterocycles. The minimum absolute atomic E-state index is 0.171. The Balaban J connectivity index is 2.02. The van der Waals surface area contributed by atoms with E-state index in [1.54, 1.807) is 0 Å². The summed E-state index contributed by atoms with van der Waals surface area (Å²) in [4.78, 5) is 2.83. The molecule has 2 heterocycles. The molecule has 104 valence electrons. The van der Waals surface area contributed by atoms with Crippen LogP contribution in [0.5, 0.6) is 0 Å². The summed E-state index contributed by atoms with van der Waals surface area (Å²) in [5.74, 6) is 0. The van der Waals surface area contributed by atoms with Crippen LogP contribution in [0.1, 0.15) is 33.6 Å². The van der Waals surface area contributed by atoms with E-state index in [1.807, 2.05) is 23.1 Å². The lowest BCUT2D eigenvalue weighted by Crippen LogP contribution is -2.25. The molecule has 2 rings (SSSR count). The van der Waals surface area contributed by atoms with Gasteiger partial charge in [-0.1, -0.05) is 6.92 Å². The van der Waals surface area contributed by atoms with Crippen LogP contribution >= 0.6 is 11.3 Å². The highest BCUT2D eigenvalue weighted by atomic mass is 32.1. The lowest BCUT2D eigenvalue weighted by atomic mass is 10.0. The summed E-state index contributed by atoms with van der Waals surface area (Å²) < 4.78 is 1.94. The van der Waals surface area contributed by atoms with E-state index in [2.05, 4.69) is 38.0 Å². The number of hydrogen-bond acceptors (Lipinski definition) is 3. The molecule has 2 aromatic rings. The highest BCUT2D eigenvalue weighted by molar-refractivity contribution is 7.11. The lowest BCUT2D eigenvalue weighted by molar-refractivity contribution is 0.664. The van der Waals surface area contributed by atoms with Crippen molar-refractivity contribution in [3.63, 3.8) is 0 Å². The Labute approximate surface area is 119 Å². The maximum atomic E-state index is 6.31. The molecule has 0 aliphatic rings. The Morgan fingerprint density at radius 2 is 1.95 bits per heavy atom. The van der Waals surface area contributed by atoms with Crippen molar-refractivity contribution in [3.05, 3.63) is 38.8 Å². The van der Waals surface area contributed by atoms with Gasteiger partial charge in [-0.05, 0) is 50.8 Å². The number of rotatable bonds is 5. The van der Waals surface area contributed by atoms with Gasteiger partial charge in [0.05, 0.1) is 5.69 Å². The first-order valence-corrected chi connectivity index (χ1v) is 7.65. The first kappa shape index (κ1) is 14.3. The van der Waals surface area contributed by atoms with E-state index in [0.29, 0.717) is 0 Å². The Morgan fingerprint density at radius 3 is 2.47 bits per heavy atom. The van der Waals surface area contributed by atoms with E-state index < -0.39 is 0 Å². The molecule has 19 heavy (non-hydrogen) atoms. The molecule has 1 atom stereocenters. The van der Waals surface area contributed by atoms with Crippen LogP contribution in [0.4, 0.5) is 0 Å². The minimum atomic E-state index is 0.171. The largest absolute Gasteiger partial charge is 0.327 e. The zero-order chi connectivity index (χ0) is 14.0. The van der Waals surface area contributed by atoms with Crippen LogP contribution in [0.25, 0.3) is 0 Å². The number of nitrogens with two attached hydrogens (primary N) is 1. The lowest BCUT2D eigenvalue weighted by Gasteiger charge is -2.10. The summed E-state index contributed by atoms with van der Waals surface area (Å²) in [6.07, 6.45) is 2.98. The number of thiophene rings is 1. The van der Waals surface area contributed by atoms with Crippen LogP contribution in [0.3, 0.4) is 0 Å². The zero-order valence-corrected chi connectivity index (χ0v) is 13.0. The summed E-state index contributed by atoms with van der Waals surface area (Å²) in [6, 6.07) is 4.60. The third-order valence-corrected chi connectivity index (χ3v) is 4.91. The fraction of sp³-hybridized carbons (Fsp3) is 0.533. The van der Waals surface area contributed by atoms with Crippen LogP contribution in [0.15, 0.2) is 12.1 Å². The van der Waals surface area contributed by atoms with Crippen LogP contribution in [0, 0.1) is 13.8 Å². The first-order valence-electron chi connectivity index (χ1n) is 6.83. The average molecular weight is 277 g/mol. The van der Waals surface area contributed by atoms with Crippen LogP contribution in [-0.4, -0.2) is 15.8 Å². The van der Waals surface area contributed by atoms with E-state index in [0.717, 1.165) is 25.0 Å². The van der Waals surface area contributed by atoms with Crippen molar-refractivity contribution in [2.75, 3.05) is 0 Å².